The van der Waals surface area contributed by atoms with Gasteiger partial charge in [0.15, 0.2) is 11.4 Å². The van der Waals surface area contributed by atoms with Gasteiger partial charge < -0.3 is 15.3 Å². The molecule has 0 fully saturated rings. The van der Waals surface area contributed by atoms with Gasteiger partial charge in [-0.3, -0.25) is 4.79 Å². The Morgan fingerprint density at radius 1 is 1.18 bits per heavy atom. The monoisotopic (exact) mass is 401 g/mol. The average Bonchev–Trinajstić information content (AvgIpc) is 2.84. The smallest absolute Gasteiger partial charge is 0.284 e. The number of nitrogens with one attached hydrogen (secondary N) is 1. The Hall–Kier alpha value is -2.71. The fraction of sp³-hybridized carbons (Fsp3) is 0.300. The van der Waals surface area contributed by atoms with Gasteiger partial charge in [-0.15, -0.1) is 4.40 Å². The topological polar surface area (TPSA) is 99.1 Å². The van der Waals surface area contributed by atoms with Gasteiger partial charge >= 0.3 is 0 Å². The zero-order valence-electron chi connectivity index (χ0n) is 16.0. The van der Waals surface area contributed by atoms with Crippen molar-refractivity contribution >= 4 is 27.5 Å². The van der Waals surface area contributed by atoms with Gasteiger partial charge in [-0.2, -0.15) is 8.42 Å². The summed E-state index contributed by atoms with van der Waals surface area (Å²) < 4.78 is 29.7. The molecule has 1 heterocycles. The summed E-state index contributed by atoms with van der Waals surface area (Å²) in [5, 5.41) is 14.1. The van der Waals surface area contributed by atoms with Crippen molar-refractivity contribution < 1.29 is 18.3 Å². The number of hydrogen-bond donors (Lipinski definition) is 2. The van der Waals surface area contributed by atoms with Crippen molar-refractivity contribution in [3.05, 3.63) is 59.7 Å². The maximum Gasteiger partial charge on any atom is 0.284 e. The number of aliphatic hydroxyl groups is 1. The van der Waals surface area contributed by atoms with Crippen LogP contribution in [0.2, 0.25) is 0 Å². The maximum atomic E-state index is 12.9. The predicted octanol–water partition coefficient (Wildman–Crippen LogP) is 1.95. The lowest BCUT2D eigenvalue weighted by Gasteiger charge is -2.25. The van der Waals surface area contributed by atoms with Crippen LogP contribution in [0.1, 0.15) is 24.5 Å². The third-order valence-corrected chi connectivity index (χ3v) is 6.07. The van der Waals surface area contributed by atoms with E-state index in [0.717, 1.165) is 5.56 Å². The van der Waals surface area contributed by atoms with Crippen LogP contribution in [-0.2, 0) is 20.4 Å². The molecule has 3 rings (SSSR count). The molecule has 2 aromatic rings. The Bertz CT molecular complexity index is 1030. The minimum atomic E-state index is -4.02. The van der Waals surface area contributed by atoms with E-state index >= 15 is 0 Å². The summed E-state index contributed by atoms with van der Waals surface area (Å²) in [6.07, 6.45) is 0.0934. The Balaban J connectivity index is 2.07. The van der Waals surface area contributed by atoms with Crippen LogP contribution in [0.25, 0.3) is 0 Å². The molecule has 1 amide bonds. The number of amidine groups is 1. The highest BCUT2D eigenvalue weighted by atomic mass is 32.2. The van der Waals surface area contributed by atoms with Crippen molar-refractivity contribution in [3.63, 3.8) is 0 Å². The van der Waals surface area contributed by atoms with E-state index < -0.39 is 15.6 Å². The standard InChI is InChI=1S/C20H23N3O4S/c1-14-8-10-16(11-9-14)28(26,27)22-19-20(25,12-13-21-15(2)24)17-6-4-5-7-18(17)23(19)3/h4-11,25H,12-13H2,1-3H3,(H,21,24)/b22-19+/t20-/m1/s1. The van der Waals surface area contributed by atoms with E-state index in [9.17, 15) is 18.3 Å². The number of amides is 1. The van der Waals surface area contributed by atoms with E-state index in [1.54, 1.807) is 48.3 Å². The third-order valence-electron chi connectivity index (χ3n) is 4.78. The molecular formula is C20H23N3O4S. The number of sulfonamides is 1. The molecule has 0 spiro atoms. The Morgan fingerprint density at radius 3 is 2.46 bits per heavy atom. The Morgan fingerprint density at radius 2 is 1.82 bits per heavy atom. The van der Waals surface area contributed by atoms with Gasteiger partial charge in [-0.25, -0.2) is 0 Å². The van der Waals surface area contributed by atoms with E-state index in [-0.39, 0.29) is 29.6 Å². The lowest BCUT2D eigenvalue weighted by molar-refractivity contribution is -0.119. The van der Waals surface area contributed by atoms with Crippen LogP contribution in [0.4, 0.5) is 5.69 Å². The number of aryl methyl sites for hydroxylation is 1. The first-order valence-corrected chi connectivity index (χ1v) is 10.3. The number of carbonyl (C=O) groups excluding carboxylic acids is 1. The van der Waals surface area contributed by atoms with Crippen LogP contribution in [0.5, 0.6) is 0 Å². The predicted molar refractivity (Wildman–Crippen MR) is 108 cm³/mol. The molecule has 1 atom stereocenters. The van der Waals surface area contributed by atoms with Crippen molar-refractivity contribution in [1.29, 1.82) is 0 Å². The molecule has 0 aliphatic carbocycles. The zero-order valence-corrected chi connectivity index (χ0v) is 16.8. The summed E-state index contributed by atoms with van der Waals surface area (Å²) in [5.74, 6) is -0.214. The van der Waals surface area contributed by atoms with E-state index in [1.165, 1.54) is 19.1 Å². The van der Waals surface area contributed by atoms with Crippen LogP contribution in [-0.4, -0.2) is 38.9 Å². The SMILES string of the molecule is CC(=O)NCC[C@]1(O)/C(=N\S(=O)(=O)c2ccc(C)cc2)N(C)c2ccccc21. The largest absolute Gasteiger partial charge is 0.377 e. The number of rotatable bonds is 5. The highest BCUT2D eigenvalue weighted by Crippen LogP contribution is 2.42. The minimum absolute atomic E-state index is 0.0135. The first-order chi connectivity index (χ1) is 13.1. The van der Waals surface area contributed by atoms with E-state index in [1.807, 2.05) is 6.92 Å². The van der Waals surface area contributed by atoms with Crippen molar-refractivity contribution in [3.8, 4) is 0 Å². The van der Waals surface area contributed by atoms with Crippen LogP contribution in [0.15, 0.2) is 57.8 Å². The Kier molecular flexibility index (Phi) is 5.27. The molecule has 0 aromatic heterocycles. The van der Waals surface area contributed by atoms with Crippen molar-refractivity contribution in [2.45, 2.75) is 30.8 Å². The molecule has 1 aliphatic rings. The van der Waals surface area contributed by atoms with E-state index in [2.05, 4.69) is 9.71 Å². The van der Waals surface area contributed by atoms with Gasteiger partial charge in [0.05, 0.1) is 4.90 Å². The number of benzene rings is 2. The Labute approximate surface area is 164 Å². The molecule has 8 heteroatoms. The quantitative estimate of drug-likeness (QED) is 0.798. The molecule has 28 heavy (non-hydrogen) atoms. The third kappa shape index (κ3) is 3.65. The molecule has 0 unspecified atom stereocenters. The van der Waals surface area contributed by atoms with Crippen LogP contribution < -0.4 is 10.2 Å². The van der Waals surface area contributed by atoms with E-state index in [4.69, 9.17) is 0 Å². The van der Waals surface area contributed by atoms with Crippen molar-refractivity contribution in [1.82, 2.24) is 5.32 Å². The first kappa shape index (κ1) is 20.0. The second-order valence-electron chi connectivity index (χ2n) is 6.87. The molecule has 7 nitrogen and oxygen atoms in total. The first-order valence-electron chi connectivity index (χ1n) is 8.87. The maximum absolute atomic E-state index is 12.9. The minimum Gasteiger partial charge on any atom is -0.377 e. The van der Waals surface area contributed by atoms with Crippen LogP contribution >= 0.6 is 0 Å². The highest BCUT2D eigenvalue weighted by molar-refractivity contribution is 7.90. The number of nitrogens with zero attached hydrogens (tertiary/aromatic N) is 2. The van der Waals surface area contributed by atoms with Gasteiger partial charge in [0.1, 0.15) is 0 Å². The lowest BCUT2D eigenvalue weighted by atomic mass is 9.91. The summed E-state index contributed by atoms with van der Waals surface area (Å²) in [4.78, 5) is 12.9. The number of fused-ring (bicyclic) bond motifs is 1. The van der Waals surface area contributed by atoms with Gasteiger partial charge in [0, 0.05) is 38.2 Å². The fourth-order valence-electron chi connectivity index (χ4n) is 3.31. The molecule has 0 saturated carbocycles. The van der Waals surface area contributed by atoms with Gasteiger partial charge in [-0.05, 0) is 25.1 Å². The number of para-hydroxylation sites is 1. The van der Waals surface area contributed by atoms with Gasteiger partial charge in [-0.1, -0.05) is 35.9 Å². The lowest BCUT2D eigenvalue weighted by Crippen LogP contribution is -2.42. The molecular weight excluding hydrogens is 378 g/mol. The summed E-state index contributed by atoms with van der Waals surface area (Å²) >= 11 is 0. The highest BCUT2D eigenvalue weighted by Gasteiger charge is 2.47. The van der Waals surface area contributed by atoms with Crippen molar-refractivity contribution in [2.75, 3.05) is 18.5 Å². The molecule has 148 valence electrons. The van der Waals surface area contributed by atoms with Gasteiger partial charge in [0.25, 0.3) is 10.0 Å². The number of anilines is 1. The molecule has 0 radical (unpaired) electrons. The zero-order chi connectivity index (χ0) is 20.5. The van der Waals surface area contributed by atoms with Crippen molar-refractivity contribution in [2.24, 2.45) is 4.40 Å². The molecule has 0 saturated heterocycles. The average molecular weight is 401 g/mol. The molecule has 1 aliphatic heterocycles. The molecule has 2 aromatic carbocycles. The van der Waals surface area contributed by atoms with Crippen LogP contribution in [0.3, 0.4) is 0 Å². The summed E-state index contributed by atoms with van der Waals surface area (Å²) in [7, 11) is -2.36. The number of likely N-dealkylation sites (N-methyl/N-ethyl adjacent to an activating group) is 1. The summed E-state index contributed by atoms with van der Waals surface area (Å²) in [6, 6.07) is 13.5. The number of carbonyl (C=O) groups is 1. The second-order valence-corrected chi connectivity index (χ2v) is 8.48. The second kappa shape index (κ2) is 7.37. The van der Waals surface area contributed by atoms with E-state index in [0.29, 0.717) is 11.3 Å². The summed E-state index contributed by atoms with van der Waals surface area (Å²) in [5.41, 5.74) is 0.529. The normalized spacial score (nSPS) is 20.3. The number of hydrogen-bond acceptors (Lipinski definition) is 4. The molecule has 2 N–H and O–H groups in total. The summed E-state index contributed by atoms with van der Waals surface area (Å²) in [6.45, 7) is 3.43. The van der Waals surface area contributed by atoms with Crippen LogP contribution in [0, 0.1) is 6.92 Å². The fourth-order valence-corrected chi connectivity index (χ4v) is 4.39. The van der Waals surface area contributed by atoms with Gasteiger partial charge in [0.2, 0.25) is 5.91 Å². The molecule has 0 bridgehead atoms.